The number of ether oxygens (including phenoxy) is 1. The predicted octanol–water partition coefficient (Wildman–Crippen LogP) is 3.25. The van der Waals surface area contributed by atoms with Gasteiger partial charge in [-0.25, -0.2) is 0 Å². The molecule has 0 bridgehead atoms. The lowest BCUT2D eigenvalue weighted by Gasteiger charge is -2.31. The number of hydrogen-bond donors (Lipinski definition) is 0. The molecule has 0 radical (unpaired) electrons. The van der Waals surface area contributed by atoms with Gasteiger partial charge in [-0.05, 0) is 29.7 Å². The van der Waals surface area contributed by atoms with Crippen LogP contribution in [0.2, 0.25) is 0 Å². The lowest BCUT2D eigenvalue weighted by Crippen LogP contribution is -2.31. The van der Waals surface area contributed by atoms with Crippen molar-refractivity contribution in [2.75, 3.05) is 13.2 Å². The van der Waals surface area contributed by atoms with E-state index in [0.29, 0.717) is 17.9 Å². The Kier molecular flexibility index (Phi) is 2.84. The van der Waals surface area contributed by atoms with Crippen molar-refractivity contribution in [2.24, 2.45) is 28.3 Å². The summed E-state index contributed by atoms with van der Waals surface area (Å²) in [7, 11) is 0. The Labute approximate surface area is 120 Å². The topological polar surface area (TPSA) is 30.8 Å². The first-order valence-corrected chi connectivity index (χ1v) is 7.60. The van der Waals surface area contributed by atoms with Gasteiger partial charge in [0.15, 0.2) is 0 Å². The van der Waals surface area contributed by atoms with Gasteiger partial charge in [-0.2, -0.15) is 0 Å². The monoisotopic (exact) mass is 271 g/mol. The van der Waals surface area contributed by atoms with Crippen molar-refractivity contribution in [3.63, 3.8) is 0 Å². The van der Waals surface area contributed by atoms with Gasteiger partial charge < -0.3 is 9.57 Å². The van der Waals surface area contributed by atoms with E-state index in [1.807, 2.05) is 6.07 Å². The molecule has 4 rings (SSSR count). The van der Waals surface area contributed by atoms with Gasteiger partial charge in [0.25, 0.3) is 0 Å². The van der Waals surface area contributed by atoms with E-state index in [1.54, 1.807) is 0 Å². The summed E-state index contributed by atoms with van der Waals surface area (Å²) >= 11 is 0. The third-order valence-electron chi connectivity index (χ3n) is 5.48. The van der Waals surface area contributed by atoms with Crippen LogP contribution in [-0.4, -0.2) is 18.9 Å². The predicted molar refractivity (Wildman–Crippen MR) is 77.3 cm³/mol. The van der Waals surface area contributed by atoms with Crippen LogP contribution in [0.4, 0.5) is 0 Å². The largest absolute Gasteiger partial charge is 0.395 e. The molecule has 1 unspecified atom stereocenters. The third kappa shape index (κ3) is 1.87. The van der Waals surface area contributed by atoms with Crippen LogP contribution in [0.5, 0.6) is 0 Å². The molecule has 2 saturated carbocycles. The fourth-order valence-corrected chi connectivity index (χ4v) is 4.11. The van der Waals surface area contributed by atoms with E-state index >= 15 is 0 Å². The highest BCUT2D eigenvalue weighted by Crippen LogP contribution is 2.65. The van der Waals surface area contributed by atoms with Crippen molar-refractivity contribution in [3.05, 3.63) is 35.9 Å². The van der Waals surface area contributed by atoms with Crippen LogP contribution in [0.3, 0.4) is 0 Å². The van der Waals surface area contributed by atoms with Crippen molar-refractivity contribution < 1.29 is 9.57 Å². The number of fused-ring (bicyclic) bond motifs is 3. The second kappa shape index (κ2) is 4.59. The van der Waals surface area contributed by atoms with Gasteiger partial charge in [0.1, 0.15) is 6.61 Å². The lowest BCUT2D eigenvalue weighted by atomic mass is 9.73. The van der Waals surface area contributed by atoms with Crippen LogP contribution < -0.4 is 0 Å². The average Bonchev–Trinajstić information content (AvgIpc) is 3.06. The molecule has 1 aromatic carbocycles. The maximum atomic E-state index is 5.88. The molecule has 1 aliphatic heterocycles. The van der Waals surface area contributed by atoms with Crippen LogP contribution in [0.15, 0.2) is 35.5 Å². The summed E-state index contributed by atoms with van der Waals surface area (Å²) in [6.07, 6.45) is 2.43. The third-order valence-corrected chi connectivity index (χ3v) is 5.48. The Hall–Kier alpha value is -1.35. The molecule has 0 saturated heterocycles. The first-order chi connectivity index (χ1) is 9.79. The van der Waals surface area contributed by atoms with Crippen molar-refractivity contribution >= 4 is 5.71 Å². The maximum Gasteiger partial charge on any atom is 0.125 e. The SMILES string of the molecule is C[C@@]1(CCOCc2ccccc2)C2CON=C2[C@H]2C[C@H]21. The van der Waals surface area contributed by atoms with E-state index in [9.17, 15) is 0 Å². The van der Waals surface area contributed by atoms with Crippen LogP contribution in [0.25, 0.3) is 0 Å². The Bertz CT molecular complexity index is 527. The van der Waals surface area contributed by atoms with Gasteiger partial charge >= 0.3 is 0 Å². The molecule has 3 heteroatoms. The normalized spacial score (nSPS) is 37.0. The Morgan fingerprint density at radius 2 is 2.20 bits per heavy atom. The molecule has 1 aromatic rings. The minimum atomic E-state index is 0.344. The fourth-order valence-electron chi connectivity index (χ4n) is 4.11. The Morgan fingerprint density at radius 3 is 3.05 bits per heavy atom. The molecule has 2 fully saturated rings. The van der Waals surface area contributed by atoms with E-state index in [1.165, 1.54) is 17.7 Å². The highest BCUT2D eigenvalue weighted by Gasteiger charge is 2.65. The first kappa shape index (κ1) is 12.4. The standard InChI is InChI=1S/C17H21NO2/c1-17(7-8-19-10-12-5-3-2-4-6-12)14-9-13(14)16-15(17)11-20-18-16/h2-6,13-15H,7-11H2,1H3/t13-,14+,15?,17-/m0/s1. The summed E-state index contributed by atoms with van der Waals surface area (Å²) in [5, 5.41) is 4.27. The molecular weight excluding hydrogens is 250 g/mol. The second-order valence-electron chi connectivity index (χ2n) is 6.61. The molecule has 4 atom stereocenters. The van der Waals surface area contributed by atoms with Gasteiger partial charge in [-0.1, -0.05) is 42.4 Å². The summed E-state index contributed by atoms with van der Waals surface area (Å²) in [5.41, 5.74) is 2.94. The molecular formula is C17H21NO2. The van der Waals surface area contributed by atoms with Gasteiger partial charge in [0.2, 0.25) is 0 Å². The van der Waals surface area contributed by atoms with E-state index in [4.69, 9.17) is 9.57 Å². The Morgan fingerprint density at radius 1 is 1.35 bits per heavy atom. The molecule has 0 amide bonds. The number of benzene rings is 1. The lowest BCUT2D eigenvalue weighted by molar-refractivity contribution is 0.0491. The Balaban J connectivity index is 1.33. The zero-order valence-electron chi connectivity index (χ0n) is 11.9. The number of oxime groups is 1. The van der Waals surface area contributed by atoms with Crippen molar-refractivity contribution in [2.45, 2.75) is 26.4 Å². The smallest absolute Gasteiger partial charge is 0.125 e. The fraction of sp³-hybridized carbons (Fsp3) is 0.588. The van der Waals surface area contributed by atoms with Crippen molar-refractivity contribution in [1.29, 1.82) is 0 Å². The maximum absolute atomic E-state index is 5.88. The van der Waals surface area contributed by atoms with Gasteiger partial charge in [-0.3, -0.25) is 0 Å². The van der Waals surface area contributed by atoms with Crippen LogP contribution in [-0.2, 0) is 16.2 Å². The van der Waals surface area contributed by atoms with Crippen LogP contribution in [0.1, 0.15) is 25.3 Å². The molecule has 0 spiro atoms. The number of hydrogen-bond acceptors (Lipinski definition) is 3. The summed E-state index contributed by atoms with van der Waals surface area (Å²) in [6.45, 7) is 4.74. The van der Waals surface area contributed by atoms with Gasteiger partial charge in [0, 0.05) is 18.4 Å². The molecule has 3 nitrogen and oxygen atoms in total. The summed E-state index contributed by atoms with van der Waals surface area (Å²) in [5.74, 6) is 2.10. The second-order valence-corrected chi connectivity index (χ2v) is 6.61. The minimum absolute atomic E-state index is 0.344. The summed E-state index contributed by atoms with van der Waals surface area (Å²) < 4.78 is 5.88. The van der Waals surface area contributed by atoms with Gasteiger partial charge in [0.05, 0.1) is 12.3 Å². The molecule has 0 aromatic heterocycles. The molecule has 0 N–H and O–H groups in total. The summed E-state index contributed by atoms with van der Waals surface area (Å²) in [4.78, 5) is 5.33. The zero-order valence-corrected chi connectivity index (χ0v) is 11.9. The molecule has 1 heterocycles. The van der Waals surface area contributed by atoms with E-state index in [2.05, 4.69) is 36.3 Å². The van der Waals surface area contributed by atoms with Crippen molar-refractivity contribution in [3.8, 4) is 0 Å². The van der Waals surface area contributed by atoms with Crippen LogP contribution >= 0.6 is 0 Å². The highest BCUT2D eigenvalue weighted by atomic mass is 16.6. The molecule has 2 aliphatic carbocycles. The minimum Gasteiger partial charge on any atom is -0.395 e. The quantitative estimate of drug-likeness (QED) is 0.770. The van der Waals surface area contributed by atoms with E-state index in [-0.39, 0.29) is 0 Å². The van der Waals surface area contributed by atoms with E-state index in [0.717, 1.165) is 31.5 Å². The molecule has 3 aliphatic rings. The molecule has 20 heavy (non-hydrogen) atoms. The zero-order chi connectivity index (χ0) is 13.6. The van der Waals surface area contributed by atoms with Crippen molar-refractivity contribution in [1.82, 2.24) is 0 Å². The average molecular weight is 271 g/mol. The van der Waals surface area contributed by atoms with Crippen LogP contribution in [0, 0.1) is 23.2 Å². The highest BCUT2D eigenvalue weighted by molar-refractivity contribution is 5.95. The summed E-state index contributed by atoms with van der Waals surface area (Å²) in [6, 6.07) is 10.4. The van der Waals surface area contributed by atoms with Gasteiger partial charge in [-0.15, -0.1) is 0 Å². The number of nitrogens with zero attached hydrogens (tertiary/aromatic N) is 1. The molecule has 106 valence electrons. The number of rotatable bonds is 5. The van der Waals surface area contributed by atoms with E-state index < -0.39 is 0 Å². The first-order valence-electron chi connectivity index (χ1n) is 7.60.